The molecule has 0 aliphatic rings. The Morgan fingerprint density at radius 1 is 1.53 bits per heavy atom. The second-order valence-electron chi connectivity index (χ2n) is 2.75. The van der Waals surface area contributed by atoms with Crippen LogP contribution < -0.4 is 5.73 Å². The van der Waals surface area contributed by atoms with Crippen molar-refractivity contribution in [1.29, 1.82) is 0 Å². The van der Waals surface area contributed by atoms with Crippen LogP contribution in [0.25, 0.3) is 5.70 Å². The molecule has 0 fully saturated rings. The van der Waals surface area contributed by atoms with Gasteiger partial charge in [-0.2, -0.15) is 0 Å². The van der Waals surface area contributed by atoms with Crippen LogP contribution in [-0.4, -0.2) is 24.1 Å². The van der Waals surface area contributed by atoms with Crippen molar-refractivity contribution in [2.75, 3.05) is 5.75 Å². The average molecular weight is 248 g/mol. The van der Waals surface area contributed by atoms with E-state index in [0.717, 1.165) is 5.41 Å². The number of hydrogen-bond donors (Lipinski definition) is 1. The molecule has 1 rings (SSSR count). The van der Waals surface area contributed by atoms with Crippen molar-refractivity contribution in [1.82, 2.24) is 9.97 Å². The first-order valence-electron chi connectivity index (χ1n) is 4.12. The molecule has 0 aliphatic heterocycles. The third-order valence-corrected chi connectivity index (χ3v) is 3.24. The lowest BCUT2D eigenvalue weighted by molar-refractivity contribution is 0.606. The number of halogens is 1. The molecule has 2 N–H and O–H groups in total. The zero-order chi connectivity index (χ0) is 11.5. The Morgan fingerprint density at radius 3 is 2.67 bits per heavy atom. The van der Waals surface area contributed by atoms with Gasteiger partial charge in [0.1, 0.15) is 10.8 Å². The molecule has 0 radical (unpaired) electrons. The van der Waals surface area contributed by atoms with Crippen molar-refractivity contribution < 1.29 is 8.42 Å². The monoisotopic (exact) mass is 247 g/mol. The van der Waals surface area contributed by atoms with E-state index in [-0.39, 0.29) is 22.3 Å². The molecule has 0 atom stereocenters. The van der Waals surface area contributed by atoms with Crippen molar-refractivity contribution in [3.8, 4) is 0 Å². The van der Waals surface area contributed by atoms with Crippen LogP contribution in [0.3, 0.4) is 0 Å². The van der Waals surface area contributed by atoms with E-state index in [1.807, 2.05) is 0 Å². The molecule has 5 nitrogen and oxygen atoms in total. The summed E-state index contributed by atoms with van der Waals surface area (Å²) in [5, 5.41) is 1.20. The highest BCUT2D eigenvalue weighted by Gasteiger charge is 2.06. The van der Waals surface area contributed by atoms with Gasteiger partial charge in [-0.25, -0.2) is 18.4 Å². The fraction of sp³-hybridized carbons (Fsp3) is 0.250. The van der Waals surface area contributed by atoms with Crippen LogP contribution in [0.2, 0.25) is 5.15 Å². The van der Waals surface area contributed by atoms with Crippen molar-refractivity contribution in [2.45, 2.75) is 6.92 Å². The predicted molar refractivity (Wildman–Crippen MR) is 58.7 cm³/mol. The fourth-order valence-corrected chi connectivity index (χ4v) is 1.57. The van der Waals surface area contributed by atoms with Crippen molar-refractivity contribution in [3.63, 3.8) is 0 Å². The van der Waals surface area contributed by atoms with Crippen LogP contribution in [0.15, 0.2) is 17.8 Å². The van der Waals surface area contributed by atoms with E-state index >= 15 is 0 Å². The SMILES string of the molecule is CCS(=O)(=O)C=C(N)c1cnc(Cl)cn1. The highest BCUT2D eigenvalue weighted by molar-refractivity contribution is 7.94. The van der Waals surface area contributed by atoms with Gasteiger partial charge in [0.15, 0.2) is 9.84 Å². The second-order valence-corrected chi connectivity index (χ2v) is 5.28. The smallest absolute Gasteiger partial charge is 0.173 e. The van der Waals surface area contributed by atoms with E-state index in [4.69, 9.17) is 17.3 Å². The van der Waals surface area contributed by atoms with Crippen LogP contribution in [0.1, 0.15) is 12.6 Å². The van der Waals surface area contributed by atoms with Gasteiger partial charge >= 0.3 is 0 Å². The Labute approximate surface area is 92.9 Å². The van der Waals surface area contributed by atoms with Gasteiger partial charge in [0.2, 0.25) is 0 Å². The second kappa shape index (κ2) is 4.59. The predicted octanol–water partition coefficient (Wildman–Crippen LogP) is 0.822. The number of sulfone groups is 1. The maximum absolute atomic E-state index is 11.2. The van der Waals surface area contributed by atoms with E-state index in [0.29, 0.717) is 0 Å². The lowest BCUT2D eigenvalue weighted by Gasteiger charge is -2.00. The maximum Gasteiger partial charge on any atom is 0.173 e. The number of nitrogens with zero attached hydrogens (tertiary/aromatic N) is 2. The van der Waals surface area contributed by atoms with Crippen LogP contribution in [-0.2, 0) is 9.84 Å². The first-order valence-corrected chi connectivity index (χ1v) is 6.22. The van der Waals surface area contributed by atoms with Gasteiger partial charge in [-0.1, -0.05) is 18.5 Å². The molecule has 0 saturated heterocycles. The lowest BCUT2D eigenvalue weighted by atomic mass is 10.4. The van der Waals surface area contributed by atoms with Gasteiger partial charge in [-0.15, -0.1) is 0 Å². The van der Waals surface area contributed by atoms with Gasteiger partial charge in [0.05, 0.1) is 29.3 Å². The van der Waals surface area contributed by atoms with Crippen LogP contribution >= 0.6 is 11.6 Å². The third kappa shape index (κ3) is 3.49. The van der Waals surface area contributed by atoms with Crippen molar-refractivity contribution >= 4 is 27.1 Å². The highest BCUT2D eigenvalue weighted by Crippen LogP contribution is 2.09. The van der Waals surface area contributed by atoms with Crippen LogP contribution in [0.5, 0.6) is 0 Å². The zero-order valence-electron chi connectivity index (χ0n) is 8.01. The molecule has 0 unspecified atom stereocenters. The first kappa shape index (κ1) is 11.9. The fourth-order valence-electron chi connectivity index (χ4n) is 0.799. The summed E-state index contributed by atoms with van der Waals surface area (Å²) in [5.41, 5.74) is 5.89. The normalized spacial score (nSPS) is 12.8. The maximum atomic E-state index is 11.2. The standard InChI is InChI=1S/C8H10ClN3O2S/c1-2-15(13,14)5-6(10)7-3-12-8(9)4-11-7/h3-5H,2,10H2,1H3. The molecule has 7 heteroatoms. The zero-order valence-corrected chi connectivity index (χ0v) is 9.59. The topological polar surface area (TPSA) is 85.9 Å². The van der Waals surface area contributed by atoms with Gasteiger partial charge in [-0.05, 0) is 0 Å². The summed E-state index contributed by atoms with van der Waals surface area (Å²) in [6, 6.07) is 0. The van der Waals surface area contributed by atoms with Gasteiger partial charge in [0.25, 0.3) is 0 Å². The number of nitrogens with two attached hydrogens (primary N) is 1. The minimum absolute atomic E-state index is 0.00524. The van der Waals surface area contributed by atoms with E-state index in [9.17, 15) is 8.42 Å². The number of aromatic nitrogens is 2. The molecule has 0 aromatic carbocycles. The summed E-state index contributed by atoms with van der Waals surface area (Å²) < 4.78 is 22.4. The van der Waals surface area contributed by atoms with Gasteiger partial charge < -0.3 is 5.73 Å². The number of rotatable bonds is 3. The van der Waals surface area contributed by atoms with Crippen molar-refractivity contribution in [3.05, 3.63) is 28.6 Å². The van der Waals surface area contributed by atoms with E-state index in [1.165, 1.54) is 19.3 Å². The summed E-state index contributed by atoms with van der Waals surface area (Å²) in [4.78, 5) is 7.59. The molecule has 0 spiro atoms. The average Bonchev–Trinajstić information content (AvgIpc) is 2.18. The molecule has 0 aliphatic carbocycles. The van der Waals surface area contributed by atoms with E-state index in [2.05, 4.69) is 9.97 Å². The molecular weight excluding hydrogens is 238 g/mol. The number of hydrogen-bond acceptors (Lipinski definition) is 5. The summed E-state index contributed by atoms with van der Waals surface area (Å²) in [5.74, 6) is -0.00524. The summed E-state index contributed by atoms with van der Waals surface area (Å²) >= 11 is 5.52. The van der Waals surface area contributed by atoms with Gasteiger partial charge in [-0.3, -0.25) is 0 Å². The molecule has 15 heavy (non-hydrogen) atoms. The van der Waals surface area contributed by atoms with Gasteiger partial charge in [0, 0.05) is 0 Å². The largest absolute Gasteiger partial charge is 0.396 e. The minimum Gasteiger partial charge on any atom is -0.396 e. The molecule has 1 aromatic rings. The molecule has 0 bridgehead atoms. The Balaban J connectivity index is 3.05. The summed E-state index contributed by atoms with van der Waals surface area (Å²) in [6.45, 7) is 1.53. The Hall–Kier alpha value is -1.14. The molecule has 1 aromatic heterocycles. The van der Waals surface area contributed by atoms with Crippen molar-refractivity contribution in [2.24, 2.45) is 5.73 Å². The molecular formula is C8H10ClN3O2S. The molecule has 0 amide bonds. The van der Waals surface area contributed by atoms with Crippen LogP contribution in [0.4, 0.5) is 0 Å². The summed E-state index contributed by atoms with van der Waals surface area (Å²) in [6.07, 6.45) is 2.62. The molecule has 0 saturated carbocycles. The molecule has 1 heterocycles. The minimum atomic E-state index is -3.26. The quantitative estimate of drug-likeness (QED) is 0.855. The lowest BCUT2D eigenvalue weighted by Crippen LogP contribution is -2.05. The Morgan fingerprint density at radius 2 is 2.20 bits per heavy atom. The Kier molecular flexibility index (Phi) is 3.65. The third-order valence-electron chi connectivity index (χ3n) is 1.62. The summed E-state index contributed by atoms with van der Waals surface area (Å²) in [7, 11) is -3.26. The van der Waals surface area contributed by atoms with E-state index < -0.39 is 9.84 Å². The molecule has 82 valence electrons. The highest BCUT2D eigenvalue weighted by atomic mass is 35.5. The Bertz CT molecular complexity index is 467. The first-order chi connectivity index (χ1) is 6.94. The van der Waals surface area contributed by atoms with Crippen LogP contribution in [0, 0.1) is 0 Å². The van der Waals surface area contributed by atoms with E-state index in [1.54, 1.807) is 0 Å².